The van der Waals surface area contributed by atoms with Gasteiger partial charge < -0.3 is 11.1 Å². The summed E-state index contributed by atoms with van der Waals surface area (Å²) in [6.45, 7) is 4.65. The Balaban J connectivity index is 2.14. The zero-order chi connectivity index (χ0) is 27.2. The number of primary amides is 1. The van der Waals surface area contributed by atoms with Gasteiger partial charge in [-0.05, 0) is 92.9 Å². The SMILES string of the molecule is Cc1ccc(C(C)(C)N2CCC(CCc3ccc(I)s3)(C(NC(N)=O)(C(F)(F)F)C(F)(F)F)C2)cn1. The summed E-state index contributed by atoms with van der Waals surface area (Å²) in [6.07, 6.45) is -11.0. The zero-order valence-electron chi connectivity index (χ0n) is 19.9. The van der Waals surface area contributed by atoms with Crippen molar-refractivity contribution in [2.75, 3.05) is 13.1 Å². The Morgan fingerprint density at radius 2 is 1.81 bits per heavy atom. The van der Waals surface area contributed by atoms with Crippen LogP contribution in [-0.2, 0) is 12.0 Å². The van der Waals surface area contributed by atoms with Crippen LogP contribution in [0.3, 0.4) is 0 Å². The minimum absolute atomic E-state index is 0.0115. The number of alkyl halides is 6. The Morgan fingerprint density at radius 1 is 1.17 bits per heavy atom. The number of carbonyl (C=O) groups excluding carboxylic acids is 1. The van der Waals surface area contributed by atoms with Gasteiger partial charge in [-0.3, -0.25) is 9.88 Å². The van der Waals surface area contributed by atoms with Gasteiger partial charge in [0.1, 0.15) is 0 Å². The van der Waals surface area contributed by atoms with Crippen molar-refractivity contribution in [2.45, 2.75) is 63.5 Å². The van der Waals surface area contributed by atoms with Crippen molar-refractivity contribution < 1.29 is 31.1 Å². The molecule has 2 amide bonds. The zero-order valence-corrected chi connectivity index (χ0v) is 22.8. The van der Waals surface area contributed by atoms with Crippen LogP contribution in [0.4, 0.5) is 31.1 Å². The number of nitrogens with two attached hydrogens (primary N) is 1. The highest BCUT2D eigenvalue weighted by atomic mass is 127. The fraction of sp³-hybridized carbons (Fsp3) is 0.565. The quantitative estimate of drug-likeness (QED) is 0.280. The number of likely N-dealkylation sites (tertiary alicyclic amines) is 1. The second-order valence-corrected chi connectivity index (χ2v) is 12.7. The molecule has 2 aromatic rings. The summed E-state index contributed by atoms with van der Waals surface area (Å²) < 4.78 is 88.7. The molecule has 1 saturated heterocycles. The molecule has 0 aromatic carbocycles. The predicted octanol–water partition coefficient (Wildman–Crippen LogP) is 6.15. The third-order valence-electron chi connectivity index (χ3n) is 7.20. The van der Waals surface area contributed by atoms with Gasteiger partial charge in [0.25, 0.3) is 0 Å². The first kappa shape index (κ1) is 29.0. The molecule has 0 bridgehead atoms. The lowest BCUT2D eigenvalue weighted by atomic mass is 9.64. The molecule has 0 spiro atoms. The van der Waals surface area contributed by atoms with Crippen molar-refractivity contribution >= 4 is 40.0 Å². The highest BCUT2D eigenvalue weighted by Gasteiger charge is 2.80. The summed E-state index contributed by atoms with van der Waals surface area (Å²) in [5.41, 5.74) is -1.52. The number of amides is 2. The summed E-state index contributed by atoms with van der Waals surface area (Å²) in [5.74, 6) is 0. The molecular formula is C23H27F6IN4OS. The maximum atomic E-state index is 14.6. The van der Waals surface area contributed by atoms with Crippen LogP contribution in [0.15, 0.2) is 30.5 Å². The van der Waals surface area contributed by atoms with Gasteiger partial charge in [0.15, 0.2) is 0 Å². The minimum Gasteiger partial charge on any atom is -0.352 e. The molecule has 36 heavy (non-hydrogen) atoms. The van der Waals surface area contributed by atoms with Gasteiger partial charge in [-0.1, -0.05) is 6.07 Å². The summed E-state index contributed by atoms with van der Waals surface area (Å²) in [5, 5.41) is 1.17. The van der Waals surface area contributed by atoms with E-state index in [0.717, 1.165) is 8.58 Å². The summed E-state index contributed by atoms with van der Waals surface area (Å²) in [6, 6.07) is 5.07. The molecule has 3 rings (SSSR count). The third kappa shape index (κ3) is 5.19. The van der Waals surface area contributed by atoms with Crippen molar-refractivity contribution in [2.24, 2.45) is 11.1 Å². The van der Waals surface area contributed by atoms with Crippen LogP contribution >= 0.6 is 33.9 Å². The van der Waals surface area contributed by atoms with Gasteiger partial charge in [-0.25, -0.2) is 4.79 Å². The predicted molar refractivity (Wildman–Crippen MR) is 134 cm³/mol. The molecule has 1 unspecified atom stereocenters. The van der Waals surface area contributed by atoms with E-state index in [1.54, 1.807) is 56.1 Å². The standard InChI is InChI=1S/C23H27F6IN4OS/c1-14-4-5-15(12-32-14)19(2,3)34-11-10-20(13-34,9-8-16-6-7-17(30)36-16)21(22(24,25)26,23(27,28)29)33-18(31)35/h4-7,12H,8-11,13H2,1-3H3,(H3,31,33,35). The number of thiophene rings is 1. The van der Waals surface area contributed by atoms with E-state index in [9.17, 15) is 31.1 Å². The van der Waals surface area contributed by atoms with Crippen LogP contribution in [-0.4, -0.2) is 46.9 Å². The topological polar surface area (TPSA) is 71.2 Å². The van der Waals surface area contributed by atoms with Crippen LogP contribution in [0.1, 0.15) is 42.8 Å². The molecule has 1 atom stereocenters. The van der Waals surface area contributed by atoms with Crippen molar-refractivity contribution in [3.05, 3.63) is 49.5 Å². The third-order valence-corrected chi connectivity index (χ3v) is 9.15. The number of carbonyl (C=O) groups is 1. The molecule has 5 nitrogen and oxygen atoms in total. The normalized spacial score (nSPS) is 20.1. The molecule has 13 heteroatoms. The Kier molecular flexibility index (Phi) is 7.99. The highest BCUT2D eigenvalue weighted by Crippen LogP contribution is 2.59. The largest absolute Gasteiger partial charge is 0.421 e. The molecule has 1 aliphatic heterocycles. The van der Waals surface area contributed by atoms with Crippen LogP contribution in [0.2, 0.25) is 0 Å². The molecule has 3 N–H and O–H groups in total. The molecule has 1 aliphatic rings. The van der Waals surface area contributed by atoms with E-state index in [1.165, 1.54) is 16.7 Å². The van der Waals surface area contributed by atoms with Crippen molar-refractivity contribution in [1.29, 1.82) is 0 Å². The van der Waals surface area contributed by atoms with Crippen molar-refractivity contribution in [3.63, 3.8) is 0 Å². The van der Waals surface area contributed by atoms with Gasteiger partial charge in [0, 0.05) is 34.3 Å². The van der Waals surface area contributed by atoms with E-state index >= 15 is 0 Å². The molecular weight excluding hydrogens is 621 g/mol. The van der Waals surface area contributed by atoms with E-state index in [-0.39, 0.29) is 13.0 Å². The Bertz CT molecular complexity index is 1070. The second-order valence-electron chi connectivity index (χ2n) is 9.64. The molecule has 1 fully saturated rings. The van der Waals surface area contributed by atoms with E-state index in [4.69, 9.17) is 5.73 Å². The lowest BCUT2D eigenvalue weighted by Gasteiger charge is -2.50. The van der Waals surface area contributed by atoms with E-state index in [0.29, 0.717) is 10.4 Å². The number of hydrogen-bond donors (Lipinski definition) is 2. The smallest absolute Gasteiger partial charge is 0.352 e. The maximum absolute atomic E-state index is 14.6. The van der Waals surface area contributed by atoms with Crippen LogP contribution in [0, 0.1) is 15.2 Å². The molecule has 200 valence electrons. The highest BCUT2D eigenvalue weighted by molar-refractivity contribution is 14.1. The number of nitrogens with zero attached hydrogens (tertiary/aromatic N) is 2. The molecule has 3 heterocycles. The first-order valence-electron chi connectivity index (χ1n) is 11.1. The lowest BCUT2D eigenvalue weighted by Crippen LogP contribution is -2.77. The Morgan fingerprint density at radius 3 is 2.28 bits per heavy atom. The van der Waals surface area contributed by atoms with E-state index < -0.39 is 54.3 Å². The Hall–Kier alpha value is -1.61. The van der Waals surface area contributed by atoms with Crippen LogP contribution < -0.4 is 11.1 Å². The van der Waals surface area contributed by atoms with Gasteiger partial charge in [-0.15, -0.1) is 11.3 Å². The molecule has 2 aromatic heterocycles. The number of hydrogen-bond acceptors (Lipinski definition) is 4. The number of aryl methyl sites for hydroxylation is 2. The van der Waals surface area contributed by atoms with Crippen LogP contribution in [0.5, 0.6) is 0 Å². The van der Waals surface area contributed by atoms with Gasteiger partial charge in [-0.2, -0.15) is 26.3 Å². The monoisotopic (exact) mass is 648 g/mol. The number of urea groups is 1. The maximum Gasteiger partial charge on any atom is 0.421 e. The minimum atomic E-state index is -5.85. The van der Waals surface area contributed by atoms with Gasteiger partial charge in [0.05, 0.1) is 2.88 Å². The van der Waals surface area contributed by atoms with Gasteiger partial charge >= 0.3 is 18.4 Å². The number of pyridine rings is 1. The van der Waals surface area contributed by atoms with E-state index in [2.05, 4.69) is 4.98 Å². The number of nitrogens with one attached hydrogen (secondary N) is 1. The first-order chi connectivity index (χ1) is 16.4. The summed E-state index contributed by atoms with van der Waals surface area (Å²) in [4.78, 5) is 18.2. The van der Waals surface area contributed by atoms with Crippen LogP contribution in [0.25, 0.3) is 0 Å². The molecule has 0 aliphatic carbocycles. The molecule has 0 saturated carbocycles. The fourth-order valence-electron chi connectivity index (χ4n) is 5.13. The van der Waals surface area contributed by atoms with Crippen molar-refractivity contribution in [1.82, 2.24) is 15.2 Å². The first-order valence-corrected chi connectivity index (χ1v) is 13.0. The number of rotatable bonds is 7. The number of halogens is 7. The lowest BCUT2D eigenvalue weighted by molar-refractivity contribution is -0.337. The average molecular weight is 648 g/mol. The average Bonchev–Trinajstić information content (AvgIpc) is 3.36. The summed E-state index contributed by atoms with van der Waals surface area (Å²) in [7, 11) is 0. The van der Waals surface area contributed by atoms with E-state index in [1.807, 2.05) is 22.6 Å². The molecule has 0 radical (unpaired) electrons. The van der Waals surface area contributed by atoms with Gasteiger partial charge in [0.2, 0.25) is 5.54 Å². The second kappa shape index (κ2) is 9.93. The number of aromatic nitrogens is 1. The summed E-state index contributed by atoms with van der Waals surface area (Å²) >= 11 is 3.35. The fourth-order valence-corrected chi connectivity index (χ4v) is 6.88. The Labute approximate surface area is 223 Å². The van der Waals surface area contributed by atoms with Crippen molar-refractivity contribution in [3.8, 4) is 0 Å².